The topological polar surface area (TPSA) is 38.9 Å². The van der Waals surface area contributed by atoms with Crippen molar-refractivity contribution in [1.29, 1.82) is 0 Å². The molecule has 0 bridgehead atoms. The summed E-state index contributed by atoms with van der Waals surface area (Å²) in [7, 11) is 0. The van der Waals surface area contributed by atoms with Gasteiger partial charge >= 0.3 is 0 Å². The summed E-state index contributed by atoms with van der Waals surface area (Å²) >= 11 is 11.1. The molecule has 0 aliphatic heterocycles. The predicted molar refractivity (Wildman–Crippen MR) is 68.8 cm³/mol. The SMILES string of the molecule is CCCC(Cl)c1noc(-c2sccc2Br)n1. The van der Waals surface area contributed by atoms with Gasteiger partial charge < -0.3 is 4.52 Å². The molecule has 0 aliphatic rings. The van der Waals surface area contributed by atoms with Crippen LogP contribution in [0.3, 0.4) is 0 Å². The average molecular weight is 322 g/mol. The number of halogens is 2. The Morgan fingerprint density at radius 3 is 3.06 bits per heavy atom. The maximum Gasteiger partial charge on any atom is 0.269 e. The van der Waals surface area contributed by atoms with Crippen LogP contribution < -0.4 is 0 Å². The fourth-order valence-electron chi connectivity index (χ4n) is 1.28. The first-order valence-corrected chi connectivity index (χ1v) is 7.04. The summed E-state index contributed by atoms with van der Waals surface area (Å²) in [4.78, 5) is 5.25. The van der Waals surface area contributed by atoms with Crippen molar-refractivity contribution in [3.8, 4) is 10.8 Å². The number of aromatic nitrogens is 2. The fourth-order valence-corrected chi connectivity index (χ4v) is 3.05. The second-order valence-corrected chi connectivity index (χ2v) is 5.61. The number of thiophene rings is 1. The molecular formula is C10H10BrClN2OS. The monoisotopic (exact) mass is 320 g/mol. The summed E-state index contributed by atoms with van der Waals surface area (Å²) in [5.74, 6) is 1.09. The molecule has 0 aromatic carbocycles. The number of nitrogens with zero attached hydrogens (tertiary/aromatic N) is 2. The first-order chi connectivity index (χ1) is 7.72. The first-order valence-electron chi connectivity index (χ1n) is 4.93. The summed E-state index contributed by atoms with van der Waals surface area (Å²) < 4.78 is 6.16. The Hall–Kier alpha value is -0.390. The zero-order valence-corrected chi connectivity index (χ0v) is 11.8. The molecule has 0 fully saturated rings. The maximum absolute atomic E-state index is 6.13. The van der Waals surface area contributed by atoms with Gasteiger partial charge in [-0.05, 0) is 33.8 Å². The molecule has 0 radical (unpaired) electrons. The van der Waals surface area contributed by atoms with E-state index in [1.54, 1.807) is 11.3 Å². The minimum Gasteiger partial charge on any atom is -0.333 e. The largest absolute Gasteiger partial charge is 0.333 e. The third-order valence-electron chi connectivity index (χ3n) is 2.08. The van der Waals surface area contributed by atoms with Crippen molar-refractivity contribution < 1.29 is 4.52 Å². The van der Waals surface area contributed by atoms with Crippen LogP contribution in [0.25, 0.3) is 10.8 Å². The van der Waals surface area contributed by atoms with E-state index in [4.69, 9.17) is 16.1 Å². The van der Waals surface area contributed by atoms with Crippen LogP contribution in [-0.4, -0.2) is 10.1 Å². The molecule has 0 saturated carbocycles. The summed E-state index contributed by atoms with van der Waals surface area (Å²) in [5, 5.41) is 5.70. The Labute approximate surface area is 111 Å². The first kappa shape index (κ1) is 12.1. The molecule has 0 N–H and O–H groups in total. The Morgan fingerprint density at radius 2 is 2.44 bits per heavy atom. The third-order valence-corrected chi connectivity index (χ3v) is 4.31. The normalized spacial score (nSPS) is 12.9. The van der Waals surface area contributed by atoms with Crippen LogP contribution in [0.4, 0.5) is 0 Å². The molecule has 0 amide bonds. The van der Waals surface area contributed by atoms with Crippen LogP contribution in [0.5, 0.6) is 0 Å². The number of rotatable bonds is 4. The molecule has 2 heterocycles. The molecule has 0 saturated heterocycles. The fraction of sp³-hybridized carbons (Fsp3) is 0.400. The summed E-state index contributed by atoms with van der Waals surface area (Å²) in [6, 6.07) is 1.95. The van der Waals surface area contributed by atoms with E-state index >= 15 is 0 Å². The second-order valence-electron chi connectivity index (χ2n) is 3.31. The minimum absolute atomic E-state index is 0.166. The van der Waals surface area contributed by atoms with Crippen LogP contribution in [0.1, 0.15) is 31.0 Å². The van der Waals surface area contributed by atoms with Gasteiger partial charge in [-0.1, -0.05) is 18.5 Å². The zero-order chi connectivity index (χ0) is 11.5. The van der Waals surface area contributed by atoms with Crippen molar-refractivity contribution in [3.63, 3.8) is 0 Å². The van der Waals surface area contributed by atoms with E-state index in [-0.39, 0.29) is 5.38 Å². The predicted octanol–water partition coefficient (Wildman–Crippen LogP) is 4.64. The van der Waals surface area contributed by atoms with Crippen molar-refractivity contribution >= 4 is 38.9 Å². The van der Waals surface area contributed by atoms with E-state index in [2.05, 4.69) is 33.0 Å². The molecule has 0 aliphatic carbocycles. The van der Waals surface area contributed by atoms with Crippen LogP contribution in [0, 0.1) is 0 Å². The van der Waals surface area contributed by atoms with Gasteiger partial charge in [-0.15, -0.1) is 22.9 Å². The lowest BCUT2D eigenvalue weighted by Gasteiger charge is -1.99. The van der Waals surface area contributed by atoms with E-state index in [9.17, 15) is 0 Å². The average Bonchev–Trinajstić information content (AvgIpc) is 2.86. The summed E-state index contributed by atoms with van der Waals surface area (Å²) in [6.07, 6.45) is 1.85. The van der Waals surface area contributed by atoms with E-state index in [0.29, 0.717) is 11.7 Å². The summed E-state index contributed by atoms with van der Waals surface area (Å²) in [5.41, 5.74) is 0. The molecule has 86 valence electrons. The molecule has 2 rings (SSSR count). The maximum atomic E-state index is 6.13. The smallest absolute Gasteiger partial charge is 0.269 e. The van der Waals surface area contributed by atoms with Crippen molar-refractivity contribution in [3.05, 3.63) is 21.7 Å². The van der Waals surface area contributed by atoms with E-state index in [1.165, 1.54) is 0 Å². The number of alkyl halides is 1. The molecule has 2 aromatic heterocycles. The zero-order valence-electron chi connectivity index (χ0n) is 8.61. The van der Waals surface area contributed by atoms with Crippen molar-refractivity contribution in [1.82, 2.24) is 10.1 Å². The van der Waals surface area contributed by atoms with Crippen molar-refractivity contribution in [2.45, 2.75) is 25.1 Å². The van der Waals surface area contributed by atoms with Crippen molar-refractivity contribution in [2.24, 2.45) is 0 Å². The van der Waals surface area contributed by atoms with Crippen molar-refractivity contribution in [2.75, 3.05) is 0 Å². The lowest BCUT2D eigenvalue weighted by Crippen LogP contribution is -1.92. The Kier molecular flexibility index (Phi) is 4.00. The number of hydrogen-bond donors (Lipinski definition) is 0. The lowest BCUT2D eigenvalue weighted by molar-refractivity contribution is 0.421. The molecule has 16 heavy (non-hydrogen) atoms. The highest BCUT2D eigenvalue weighted by molar-refractivity contribution is 9.10. The summed E-state index contributed by atoms with van der Waals surface area (Å²) in [6.45, 7) is 2.08. The lowest BCUT2D eigenvalue weighted by atomic mass is 10.2. The van der Waals surface area contributed by atoms with Gasteiger partial charge in [0.1, 0.15) is 4.88 Å². The van der Waals surface area contributed by atoms with Crippen LogP contribution in [0.15, 0.2) is 20.4 Å². The van der Waals surface area contributed by atoms with Gasteiger partial charge in [0.05, 0.1) is 5.38 Å². The quantitative estimate of drug-likeness (QED) is 0.770. The minimum atomic E-state index is -0.166. The highest BCUT2D eigenvalue weighted by Crippen LogP contribution is 2.33. The van der Waals surface area contributed by atoms with Gasteiger partial charge in [-0.2, -0.15) is 4.98 Å². The Balaban J connectivity index is 2.23. The molecule has 0 spiro atoms. The van der Waals surface area contributed by atoms with Crippen LogP contribution in [0.2, 0.25) is 0 Å². The van der Waals surface area contributed by atoms with Gasteiger partial charge in [0.25, 0.3) is 5.89 Å². The van der Waals surface area contributed by atoms with Gasteiger partial charge in [-0.25, -0.2) is 0 Å². The Morgan fingerprint density at radius 1 is 1.62 bits per heavy atom. The number of hydrogen-bond acceptors (Lipinski definition) is 4. The van der Waals surface area contributed by atoms with Gasteiger partial charge in [0, 0.05) is 4.47 Å². The van der Waals surface area contributed by atoms with E-state index in [1.807, 2.05) is 11.4 Å². The standard InChI is InChI=1S/C10H10BrClN2OS/c1-2-3-7(12)9-13-10(15-14-9)8-6(11)4-5-16-8/h4-5,7H,2-3H2,1H3. The molecule has 3 nitrogen and oxygen atoms in total. The molecular weight excluding hydrogens is 312 g/mol. The molecule has 6 heteroatoms. The Bertz CT molecular complexity index is 471. The molecule has 1 unspecified atom stereocenters. The highest BCUT2D eigenvalue weighted by atomic mass is 79.9. The van der Waals surface area contributed by atoms with Gasteiger partial charge in [0.15, 0.2) is 5.82 Å². The van der Waals surface area contributed by atoms with Gasteiger partial charge in [0.2, 0.25) is 0 Å². The molecule has 1 atom stereocenters. The highest BCUT2D eigenvalue weighted by Gasteiger charge is 2.17. The van der Waals surface area contributed by atoms with Gasteiger partial charge in [-0.3, -0.25) is 0 Å². The van der Waals surface area contributed by atoms with E-state index < -0.39 is 0 Å². The van der Waals surface area contributed by atoms with Crippen LogP contribution in [-0.2, 0) is 0 Å². The third kappa shape index (κ3) is 2.47. The molecule has 2 aromatic rings. The van der Waals surface area contributed by atoms with Crippen LogP contribution >= 0.6 is 38.9 Å². The van der Waals surface area contributed by atoms with E-state index in [0.717, 1.165) is 22.2 Å². The second kappa shape index (κ2) is 5.29.